The molecule has 0 radical (unpaired) electrons. The van der Waals surface area contributed by atoms with Gasteiger partial charge in [0.2, 0.25) is 0 Å². The molecule has 6 nitrogen and oxygen atoms in total. The Hall–Kier alpha value is -3.46. The molecule has 2 rings (SSSR count). The number of benzene rings is 2. The third-order valence-corrected chi connectivity index (χ3v) is 3.64. The molecular weight excluding hydrogens is 346 g/mol. The van der Waals surface area contributed by atoms with Gasteiger partial charge in [-0.05, 0) is 11.6 Å². The summed E-state index contributed by atoms with van der Waals surface area (Å²) in [5, 5.41) is 2.63. The van der Waals surface area contributed by atoms with Crippen molar-refractivity contribution in [3.05, 3.63) is 59.2 Å². The van der Waals surface area contributed by atoms with Crippen LogP contribution >= 0.6 is 0 Å². The summed E-state index contributed by atoms with van der Waals surface area (Å²) in [6.45, 7) is 0.553. The SMILES string of the molecule is COc1cc(C#CCCNC(=O)OCc2ccccc2)c(C=O)cc1OC. The number of aldehydes is 1. The molecule has 2 aromatic rings. The lowest BCUT2D eigenvalue weighted by Crippen LogP contribution is -2.24. The third-order valence-electron chi connectivity index (χ3n) is 3.64. The van der Waals surface area contributed by atoms with Gasteiger partial charge in [0.1, 0.15) is 6.61 Å². The number of hydrogen-bond acceptors (Lipinski definition) is 5. The molecule has 0 aromatic heterocycles. The standard InChI is InChI=1S/C21H21NO5/c1-25-19-12-17(18(14-23)13-20(19)26-2)10-6-7-11-22-21(24)27-15-16-8-4-3-5-9-16/h3-5,8-9,12-14H,7,11,15H2,1-2H3,(H,22,24). The summed E-state index contributed by atoms with van der Waals surface area (Å²) in [4.78, 5) is 22.9. The largest absolute Gasteiger partial charge is 0.493 e. The Balaban J connectivity index is 1.84. The maximum absolute atomic E-state index is 11.6. The Labute approximate surface area is 158 Å². The van der Waals surface area contributed by atoms with E-state index in [1.54, 1.807) is 12.1 Å². The second-order valence-corrected chi connectivity index (χ2v) is 5.45. The highest BCUT2D eigenvalue weighted by atomic mass is 16.5. The first-order valence-electron chi connectivity index (χ1n) is 8.32. The van der Waals surface area contributed by atoms with Crippen LogP contribution in [-0.2, 0) is 11.3 Å². The second kappa shape index (κ2) is 10.5. The number of nitrogens with one attached hydrogen (secondary N) is 1. The van der Waals surface area contributed by atoms with E-state index in [-0.39, 0.29) is 6.61 Å². The second-order valence-electron chi connectivity index (χ2n) is 5.45. The van der Waals surface area contributed by atoms with E-state index < -0.39 is 6.09 Å². The van der Waals surface area contributed by atoms with Gasteiger partial charge in [-0.25, -0.2) is 4.79 Å². The highest BCUT2D eigenvalue weighted by molar-refractivity contribution is 5.81. The zero-order valence-electron chi connectivity index (χ0n) is 15.3. The molecule has 0 fully saturated rings. The maximum Gasteiger partial charge on any atom is 0.407 e. The molecule has 27 heavy (non-hydrogen) atoms. The maximum atomic E-state index is 11.6. The van der Waals surface area contributed by atoms with E-state index in [9.17, 15) is 9.59 Å². The van der Waals surface area contributed by atoms with Crippen molar-refractivity contribution in [1.82, 2.24) is 5.32 Å². The number of amides is 1. The summed E-state index contributed by atoms with van der Waals surface area (Å²) in [5.74, 6) is 6.79. The molecule has 0 aliphatic carbocycles. The first kappa shape index (κ1) is 19.9. The number of methoxy groups -OCH3 is 2. The highest BCUT2D eigenvalue weighted by Gasteiger charge is 2.09. The van der Waals surface area contributed by atoms with Crippen LogP contribution in [0.3, 0.4) is 0 Å². The fourth-order valence-electron chi connectivity index (χ4n) is 2.26. The predicted molar refractivity (Wildman–Crippen MR) is 101 cm³/mol. The smallest absolute Gasteiger partial charge is 0.407 e. The van der Waals surface area contributed by atoms with Gasteiger partial charge in [-0.3, -0.25) is 4.79 Å². The average molecular weight is 367 g/mol. The molecule has 6 heteroatoms. The topological polar surface area (TPSA) is 73.9 Å². The van der Waals surface area contributed by atoms with Crippen molar-refractivity contribution in [2.75, 3.05) is 20.8 Å². The quantitative estimate of drug-likeness (QED) is 0.462. The Bertz CT molecular complexity index is 837. The monoisotopic (exact) mass is 367 g/mol. The molecule has 0 saturated carbocycles. The lowest BCUT2D eigenvalue weighted by molar-refractivity contribution is 0.112. The average Bonchev–Trinajstić information content (AvgIpc) is 2.72. The number of rotatable bonds is 7. The Morgan fingerprint density at radius 2 is 1.81 bits per heavy atom. The van der Waals surface area contributed by atoms with E-state index in [1.165, 1.54) is 14.2 Å². The molecule has 0 heterocycles. The Morgan fingerprint density at radius 3 is 2.48 bits per heavy atom. The molecule has 140 valence electrons. The van der Waals surface area contributed by atoms with Gasteiger partial charge in [-0.2, -0.15) is 0 Å². The van der Waals surface area contributed by atoms with Gasteiger partial charge >= 0.3 is 6.09 Å². The highest BCUT2D eigenvalue weighted by Crippen LogP contribution is 2.29. The summed E-state index contributed by atoms with van der Waals surface area (Å²) < 4.78 is 15.5. The minimum absolute atomic E-state index is 0.215. The van der Waals surface area contributed by atoms with E-state index in [1.807, 2.05) is 30.3 Å². The van der Waals surface area contributed by atoms with Gasteiger partial charge < -0.3 is 19.5 Å². The van der Waals surface area contributed by atoms with Gasteiger partial charge in [0.05, 0.1) is 14.2 Å². The van der Waals surface area contributed by atoms with Crippen molar-refractivity contribution < 1.29 is 23.8 Å². The van der Waals surface area contributed by atoms with E-state index >= 15 is 0 Å². The van der Waals surface area contributed by atoms with Crippen molar-refractivity contribution in [2.45, 2.75) is 13.0 Å². The summed E-state index contributed by atoms with van der Waals surface area (Å²) in [5.41, 5.74) is 1.87. The van der Waals surface area contributed by atoms with Gasteiger partial charge in [0, 0.05) is 30.2 Å². The molecular formula is C21H21NO5. The van der Waals surface area contributed by atoms with Crippen LogP contribution in [0.4, 0.5) is 4.79 Å². The fraction of sp³-hybridized carbons (Fsp3) is 0.238. The third kappa shape index (κ3) is 6.08. The Kier molecular flexibility index (Phi) is 7.73. The normalized spacial score (nSPS) is 9.56. The number of carbonyl (C=O) groups excluding carboxylic acids is 2. The summed E-state index contributed by atoms with van der Waals surface area (Å²) >= 11 is 0. The van der Waals surface area contributed by atoms with Crippen LogP contribution in [0.15, 0.2) is 42.5 Å². The van der Waals surface area contributed by atoms with Gasteiger partial charge in [0.15, 0.2) is 17.8 Å². The molecule has 0 spiro atoms. The summed E-state index contributed by atoms with van der Waals surface area (Å²) in [6, 6.07) is 12.7. The molecule has 2 aromatic carbocycles. The molecule has 0 aliphatic heterocycles. The van der Waals surface area contributed by atoms with Crippen LogP contribution in [0.25, 0.3) is 0 Å². The van der Waals surface area contributed by atoms with E-state index in [2.05, 4.69) is 17.2 Å². The van der Waals surface area contributed by atoms with Crippen molar-refractivity contribution >= 4 is 12.4 Å². The first-order valence-corrected chi connectivity index (χ1v) is 8.32. The van der Waals surface area contributed by atoms with Crippen molar-refractivity contribution in [1.29, 1.82) is 0 Å². The number of hydrogen-bond donors (Lipinski definition) is 1. The molecule has 1 N–H and O–H groups in total. The van der Waals surface area contributed by atoms with Crippen molar-refractivity contribution in [3.8, 4) is 23.3 Å². The lowest BCUT2D eigenvalue weighted by Gasteiger charge is -2.09. The number of carbonyl (C=O) groups is 2. The van der Waals surface area contributed by atoms with Crippen LogP contribution in [0.1, 0.15) is 27.9 Å². The summed E-state index contributed by atoms with van der Waals surface area (Å²) in [7, 11) is 3.01. The van der Waals surface area contributed by atoms with Crippen molar-refractivity contribution in [2.24, 2.45) is 0 Å². The first-order chi connectivity index (χ1) is 13.2. The zero-order valence-corrected chi connectivity index (χ0v) is 15.3. The van der Waals surface area contributed by atoms with Crippen LogP contribution in [0.5, 0.6) is 11.5 Å². The minimum atomic E-state index is -0.500. The molecule has 0 aliphatic rings. The lowest BCUT2D eigenvalue weighted by atomic mass is 10.1. The predicted octanol–water partition coefficient (Wildman–Crippen LogP) is 3.18. The van der Waals surface area contributed by atoms with Crippen LogP contribution in [-0.4, -0.2) is 33.1 Å². The van der Waals surface area contributed by atoms with Gasteiger partial charge in [-0.15, -0.1) is 0 Å². The van der Waals surface area contributed by atoms with Crippen LogP contribution < -0.4 is 14.8 Å². The molecule has 1 amide bonds. The van der Waals surface area contributed by atoms with E-state index in [0.717, 1.165) is 5.56 Å². The van der Waals surface area contributed by atoms with Crippen molar-refractivity contribution in [3.63, 3.8) is 0 Å². The van der Waals surface area contributed by atoms with Crippen LogP contribution in [0, 0.1) is 11.8 Å². The molecule has 0 saturated heterocycles. The fourth-order valence-corrected chi connectivity index (χ4v) is 2.26. The molecule has 0 bridgehead atoms. The number of ether oxygens (including phenoxy) is 3. The van der Waals surface area contributed by atoms with Crippen LogP contribution in [0.2, 0.25) is 0 Å². The zero-order chi connectivity index (χ0) is 19.5. The molecule has 0 atom stereocenters. The summed E-state index contributed by atoms with van der Waals surface area (Å²) in [6.07, 6.45) is 0.624. The van der Waals surface area contributed by atoms with E-state index in [4.69, 9.17) is 14.2 Å². The van der Waals surface area contributed by atoms with Gasteiger partial charge in [0.25, 0.3) is 0 Å². The number of alkyl carbamates (subject to hydrolysis) is 1. The Morgan fingerprint density at radius 1 is 1.11 bits per heavy atom. The van der Waals surface area contributed by atoms with Gasteiger partial charge in [-0.1, -0.05) is 42.2 Å². The van der Waals surface area contributed by atoms with E-state index in [0.29, 0.717) is 41.9 Å². The molecule has 0 unspecified atom stereocenters. The minimum Gasteiger partial charge on any atom is -0.493 e.